The first-order valence-corrected chi connectivity index (χ1v) is 9.61. The quantitative estimate of drug-likeness (QED) is 0.678. The standard InChI is InChI=1S/C21H21N5O4/c1-12-9-14(22)13-11-26(7-5-15(13)23-12)19-4-3-17(29-19)16-10-18(30-24-16)21(28)6-8-25(2)20(21)27/h3-5,7,9-10,28H,6,8,11H2,1-2H3,(H2,22,23)/t21-/m1/s1. The van der Waals surface area contributed by atoms with Crippen molar-refractivity contribution in [3.05, 3.63) is 53.2 Å². The Morgan fingerprint density at radius 2 is 2.13 bits per heavy atom. The third-order valence-electron chi connectivity index (χ3n) is 5.61. The van der Waals surface area contributed by atoms with Gasteiger partial charge in [0.2, 0.25) is 11.5 Å². The third-order valence-corrected chi connectivity index (χ3v) is 5.61. The van der Waals surface area contributed by atoms with Gasteiger partial charge in [-0.15, -0.1) is 0 Å². The van der Waals surface area contributed by atoms with E-state index in [1.54, 1.807) is 19.2 Å². The van der Waals surface area contributed by atoms with Crippen LogP contribution in [0.2, 0.25) is 0 Å². The number of anilines is 2. The van der Waals surface area contributed by atoms with E-state index < -0.39 is 11.5 Å². The average Bonchev–Trinajstić information content (AvgIpc) is 3.45. The van der Waals surface area contributed by atoms with Crippen molar-refractivity contribution in [2.24, 2.45) is 0 Å². The lowest BCUT2D eigenvalue weighted by molar-refractivity contribution is -0.144. The topological polar surface area (TPSA) is 122 Å². The van der Waals surface area contributed by atoms with Gasteiger partial charge >= 0.3 is 0 Å². The number of nitrogens with zero attached hydrogens (tertiary/aromatic N) is 4. The van der Waals surface area contributed by atoms with Crippen molar-refractivity contribution in [3.63, 3.8) is 0 Å². The molecule has 1 atom stereocenters. The van der Waals surface area contributed by atoms with Gasteiger partial charge in [-0.2, -0.15) is 0 Å². The summed E-state index contributed by atoms with van der Waals surface area (Å²) in [5, 5.41) is 14.7. The van der Waals surface area contributed by atoms with E-state index in [1.807, 2.05) is 36.2 Å². The van der Waals surface area contributed by atoms with E-state index >= 15 is 0 Å². The summed E-state index contributed by atoms with van der Waals surface area (Å²) in [6.07, 6.45) is 4.05. The Balaban J connectivity index is 1.40. The third kappa shape index (κ3) is 2.78. The van der Waals surface area contributed by atoms with Gasteiger partial charge in [0.15, 0.2) is 11.5 Å². The molecule has 0 aromatic carbocycles. The van der Waals surface area contributed by atoms with Crippen LogP contribution in [0.5, 0.6) is 0 Å². The smallest absolute Gasteiger partial charge is 0.262 e. The van der Waals surface area contributed by atoms with Crippen LogP contribution in [0.1, 0.15) is 29.1 Å². The minimum absolute atomic E-state index is 0.116. The predicted octanol–water partition coefficient (Wildman–Crippen LogP) is 2.26. The molecule has 154 valence electrons. The van der Waals surface area contributed by atoms with E-state index in [1.165, 1.54) is 4.90 Å². The van der Waals surface area contributed by atoms with Crippen molar-refractivity contribution >= 4 is 23.6 Å². The highest BCUT2D eigenvalue weighted by molar-refractivity contribution is 5.87. The van der Waals surface area contributed by atoms with E-state index in [0.29, 0.717) is 36.1 Å². The molecule has 3 aromatic rings. The molecule has 30 heavy (non-hydrogen) atoms. The van der Waals surface area contributed by atoms with E-state index in [9.17, 15) is 9.90 Å². The number of pyridine rings is 1. The van der Waals surface area contributed by atoms with Gasteiger partial charge in [-0.05, 0) is 25.1 Å². The molecule has 0 bridgehead atoms. The summed E-state index contributed by atoms with van der Waals surface area (Å²) in [5.41, 5.74) is 8.26. The van der Waals surface area contributed by atoms with Crippen LogP contribution in [0.25, 0.3) is 17.5 Å². The molecule has 2 aliphatic heterocycles. The molecule has 3 N–H and O–H groups in total. The van der Waals surface area contributed by atoms with Crippen molar-refractivity contribution in [1.82, 2.24) is 15.0 Å². The molecule has 1 amide bonds. The summed E-state index contributed by atoms with van der Waals surface area (Å²) in [6, 6.07) is 6.99. The van der Waals surface area contributed by atoms with Crippen molar-refractivity contribution in [3.8, 4) is 11.5 Å². The SMILES string of the molecule is Cc1cc(N)c2c(n1)C=CN(c1ccc(-c3cc([C@]4(O)CCN(C)C4=O)on3)o1)C2. The molecule has 0 spiro atoms. The highest BCUT2D eigenvalue weighted by Crippen LogP contribution is 2.36. The van der Waals surface area contributed by atoms with Crippen LogP contribution < -0.4 is 10.6 Å². The van der Waals surface area contributed by atoms with Crippen LogP contribution in [0, 0.1) is 6.92 Å². The Bertz CT molecular complexity index is 1180. The number of nitrogen functional groups attached to an aromatic ring is 1. The second-order valence-electron chi connectivity index (χ2n) is 7.71. The van der Waals surface area contributed by atoms with Crippen LogP contribution in [0.15, 0.2) is 39.4 Å². The van der Waals surface area contributed by atoms with Gasteiger partial charge in [-0.1, -0.05) is 5.16 Å². The molecular weight excluding hydrogens is 386 g/mol. The fourth-order valence-corrected chi connectivity index (χ4v) is 3.88. The molecule has 0 unspecified atom stereocenters. The lowest BCUT2D eigenvalue weighted by Gasteiger charge is -2.23. The highest BCUT2D eigenvalue weighted by Gasteiger charge is 2.48. The van der Waals surface area contributed by atoms with Gasteiger partial charge in [0.25, 0.3) is 5.91 Å². The van der Waals surface area contributed by atoms with Crippen LogP contribution in [-0.4, -0.2) is 39.6 Å². The molecule has 9 heteroatoms. The molecule has 0 saturated carbocycles. The van der Waals surface area contributed by atoms with Gasteiger partial charge in [0.1, 0.15) is 5.69 Å². The molecule has 0 radical (unpaired) electrons. The number of aromatic nitrogens is 2. The van der Waals surface area contributed by atoms with Crippen molar-refractivity contribution < 1.29 is 18.8 Å². The summed E-state index contributed by atoms with van der Waals surface area (Å²) in [5.74, 6) is 0.790. The number of fused-ring (bicyclic) bond motifs is 1. The van der Waals surface area contributed by atoms with Gasteiger partial charge in [0, 0.05) is 55.3 Å². The second-order valence-corrected chi connectivity index (χ2v) is 7.71. The molecule has 5 heterocycles. The summed E-state index contributed by atoms with van der Waals surface area (Å²) in [4.78, 5) is 20.2. The van der Waals surface area contributed by atoms with E-state index in [0.717, 1.165) is 17.0 Å². The summed E-state index contributed by atoms with van der Waals surface area (Å²) < 4.78 is 11.3. The number of likely N-dealkylation sites (N-methyl/N-ethyl adjacent to an activating group) is 1. The first kappa shape index (κ1) is 18.4. The maximum absolute atomic E-state index is 12.3. The lowest BCUT2D eigenvalue weighted by atomic mass is 9.99. The molecule has 0 aliphatic carbocycles. The molecule has 9 nitrogen and oxygen atoms in total. The number of carbonyl (C=O) groups is 1. The second kappa shape index (κ2) is 6.46. The number of aliphatic hydroxyl groups is 1. The fourth-order valence-electron chi connectivity index (χ4n) is 3.88. The number of rotatable bonds is 3. The van der Waals surface area contributed by atoms with Crippen molar-refractivity contribution in [2.75, 3.05) is 24.2 Å². The number of aryl methyl sites for hydroxylation is 1. The number of amides is 1. The van der Waals surface area contributed by atoms with Crippen molar-refractivity contribution in [2.45, 2.75) is 25.5 Å². The number of furan rings is 1. The Morgan fingerprint density at radius 1 is 1.30 bits per heavy atom. The molecule has 3 aromatic heterocycles. The van der Waals surface area contributed by atoms with Crippen LogP contribution in [0.4, 0.5) is 11.6 Å². The van der Waals surface area contributed by atoms with Gasteiger partial charge < -0.3 is 29.6 Å². The first-order chi connectivity index (χ1) is 14.3. The zero-order chi connectivity index (χ0) is 21.0. The Hall–Kier alpha value is -3.59. The molecule has 5 rings (SSSR count). The molecular formula is C21H21N5O4. The lowest BCUT2D eigenvalue weighted by Crippen LogP contribution is -2.35. The number of nitrogens with two attached hydrogens (primary N) is 1. The molecule has 1 fully saturated rings. The predicted molar refractivity (Wildman–Crippen MR) is 109 cm³/mol. The highest BCUT2D eigenvalue weighted by atomic mass is 16.5. The van der Waals surface area contributed by atoms with Gasteiger partial charge in [-0.25, -0.2) is 0 Å². The van der Waals surface area contributed by atoms with Crippen molar-refractivity contribution in [1.29, 1.82) is 0 Å². The summed E-state index contributed by atoms with van der Waals surface area (Å²) in [7, 11) is 1.64. The normalized spacial score (nSPS) is 20.8. The molecule has 1 saturated heterocycles. The number of carbonyl (C=O) groups excluding carboxylic acids is 1. The molecule has 2 aliphatic rings. The first-order valence-electron chi connectivity index (χ1n) is 9.61. The number of hydrogen-bond donors (Lipinski definition) is 2. The minimum Gasteiger partial charge on any atom is -0.438 e. The van der Waals surface area contributed by atoms with E-state index in [-0.39, 0.29) is 12.2 Å². The van der Waals surface area contributed by atoms with Crippen LogP contribution in [-0.2, 0) is 16.9 Å². The van der Waals surface area contributed by atoms with E-state index in [2.05, 4.69) is 10.1 Å². The zero-order valence-corrected chi connectivity index (χ0v) is 16.6. The maximum Gasteiger partial charge on any atom is 0.262 e. The van der Waals surface area contributed by atoms with E-state index in [4.69, 9.17) is 14.7 Å². The van der Waals surface area contributed by atoms with Gasteiger partial charge in [-0.3, -0.25) is 9.78 Å². The Morgan fingerprint density at radius 3 is 2.90 bits per heavy atom. The number of hydrogen-bond acceptors (Lipinski definition) is 8. The zero-order valence-electron chi connectivity index (χ0n) is 16.6. The minimum atomic E-state index is -1.68. The van der Waals surface area contributed by atoms with Gasteiger partial charge in [0.05, 0.1) is 12.2 Å². The summed E-state index contributed by atoms with van der Waals surface area (Å²) in [6.45, 7) is 2.90. The monoisotopic (exact) mass is 407 g/mol. The Kier molecular flexibility index (Phi) is 3.97. The fraction of sp³-hybridized carbons (Fsp3) is 0.286. The largest absolute Gasteiger partial charge is 0.438 e. The van der Waals surface area contributed by atoms with Crippen LogP contribution >= 0.6 is 0 Å². The Labute approximate surface area is 172 Å². The summed E-state index contributed by atoms with van der Waals surface area (Å²) >= 11 is 0. The average molecular weight is 407 g/mol. The number of likely N-dealkylation sites (tertiary alicyclic amines) is 1. The van der Waals surface area contributed by atoms with Crippen LogP contribution in [0.3, 0.4) is 0 Å². The maximum atomic E-state index is 12.3.